The molecule has 2 aromatic carbocycles. The lowest BCUT2D eigenvalue weighted by atomic mass is 10.0. The highest BCUT2D eigenvalue weighted by Gasteiger charge is 2.28. The van der Waals surface area contributed by atoms with E-state index in [2.05, 4.69) is 35.0 Å². The molecule has 5 rings (SSSR count). The van der Waals surface area contributed by atoms with E-state index < -0.39 is 0 Å². The van der Waals surface area contributed by atoms with Gasteiger partial charge >= 0.3 is 0 Å². The third kappa shape index (κ3) is 4.43. The zero-order valence-corrected chi connectivity index (χ0v) is 20.4. The summed E-state index contributed by atoms with van der Waals surface area (Å²) in [6.45, 7) is 8.07. The van der Waals surface area contributed by atoms with E-state index in [4.69, 9.17) is 0 Å². The van der Waals surface area contributed by atoms with Crippen LogP contribution in [0.25, 0.3) is 16.6 Å². The van der Waals surface area contributed by atoms with Crippen LogP contribution in [-0.2, 0) is 11.2 Å². The number of nitrogens with zero attached hydrogens (tertiary/aromatic N) is 5. The summed E-state index contributed by atoms with van der Waals surface area (Å²) in [4.78, 5) is 37.4. The number of nitrogens with one attached hydrogen (secondary N) is 1. The molecule has 8 heteroatoms. The molecule has 1 fully saturated rings. The fraction of sp³-hybridized carbons (Fsp3) is 0.333. The predicted molar refractivity (Wildman–Crippen MR) is 135 cm³/mol. The number of piperazine rings is 1. The van der Waals surface area contributed by atoms with Gasteiger partial charge < -0.3 is 14.8 Å². The summed E-state index contributed by atoms with van der Waals surface area (Å²) in [7, 11) is 0. The molecule has 0 saturated carbocycles. The molecule has 8 nitrogen and oxygen atoms in total. The third-order valence-electron chi connectivity index (χ3n) is 6.68. The van der Waals surface area contributed by atoms with Crippen molar-refractivity contribution in [3.05, 3.63) is 77.5 Å². The minimum absolute atomic E-state index is 0.0744. The Morgan fingerprint density at radius 3 is 2.43 bits per heavy atom. The lowest BCUT2D eigenvalue weighted by Crippen LogP contribution is -2.51. The smallest absolute Gasteiger partial charge is 0.293 e. The number of carbonyl (C=O) groups excluding carboxylic acids is 2. The van der Waals surface area contributed by atoms with Gasteiger partial charge in [0.05, 0.1) is 12.1 Å². The van der Waals surface area contributed by atoms with Crippen molar-refractivity contribution in [2.45, 2.75) is 33.1 Å². The fourth-order valence-corrected chi connectivity index (χ4v) is 4.73. The first-order valence-electron chi connectivity index (χ1n) is 12.1. The number of hydrogen-bond acceptors (Lipinski definition) is 4. The summed E-state index contributed by atoms with van der Waals surface area (Å²) in [6, 6.07) is 16.0. The zero-order chi connectivity index (χ0) is 24.5. The summed E-state index contributed by atoms with van der Waals surface area (Å²) in [5.41, 5.74) is 4.13. The van der Waals surface area contributed by atoms with E-state index in [0.29, 0.717) is 44.3 Å². The molecule has 2 aromatic heterocycles. The van der Waals surface area contributed by atoms with Gasteiger partial charge in [-0.05, 0) is 36.1 Å². The van der Waals surface area contributed by atoms with Gasteiger partial charge in [-0.15, -0.1) is 5.10 Å². The number of H-pyrrole nitrogens is 1. The van der Waals surface area contributed by atoms with Crippen molar-refractivity contribution in [2.24, 2.45) is 0 Å². The standard InChI is InChI=1S/C27H30N6O2/c1-18(2)21-8-5-7-11-24(21)33-19(3)29-26(30-33)27(35)32-14-12-31(13-15-32)25(34)16-20-17-28-23-10-6-4-9-22(20)23/h4-11,17-18,28H,12-16H2,1-3H3. The summed E-state index contributed by atoms with van der Waals surface area (Å²) >= 11 is 0. The highest BCUT2D eigenvalue weighted by atomic mass is 16.2. The van der Waals surface area contributed by atoms with Crippen molar-refractivity contribution in [3.8, 4) is 5.69 Å². The van der Waals surface area contributed by atoms with Crippen LogP contribution in [-0.4, -0.2) is 67.5 Å². The number of rotatable bonds is 5. The molecule has 2 amide bonds. The molecule has 1 N–H and O–H groups in total. The molecular weight excluding hydrogens is 440 g/mol. The average Bonchev–Trinajstić information content (AvgIpc) is 3.47. The first kappa shape index (κ1) is 22.8. The maximum absolute atomic E-state index is 13.2. The molecular formula is C27H30N6O2. The highest BCUT2D eigenvalue weighted by molar-refractivity contribution is 5.91. The van der Waals surface area contributed by atoms with Gasteiger partial charge in [-0.2, -0.15) is 0 Å². The molecule has 0 atom stereocenters. The van der Waals surface area contributed by atoms with E-state index in [1.807, 2.05) is 60.5 Å². The van der Waals surface area contributed by atoms with Gasteiger partial charge in [-0.25, -0.2) is 9.67 Å². The number of aromatic amines is 1. The molecule has 1 aliphatic heterocycles. The number of aromatic nitrogens is 4. The minimum atomic E-state index is -0.197. The van der Waals surface area contributed by atoms with Crippen LogP contribution in [0.15, 0.2) is 54.7 Å². The summed E-state index contributed by atoms with van der Waals surface area (Å²) in [5.74, 6) is 1.07. The minimum Gasteiger partial charge on any atom is -0.361 e. The van der Waals surface area contributed by atoms with Gasteiger partial charge in [0.1, 0.15) is 5.82 Å². The number of fused-ring (bicyclic) bond motifs is 1. The summed E-state index contributed by atoms with van der Waals surface area (Å²) in [6.07, 6.45) is 2.25. The second-order valence-electron chi connectivity index (χ2n) is 9.32. The normalized spacial score (nSPS) is 14.2. The number of hydrogen-bond donors (Lipinski definition) is 1. The third-order valence-corrected chi connectivity index (χ3v) is 6.68. The molecule has 0 aliphatic carbocycles. The zero-order valence-electron chi connectivity index (χ0n) is 20.4. The van der Waals surface area contributed by atoms with Crippen molar-refractivity contribution in [3.63, 3.8) is 0 Å². The lowest BCUT2D eigenvalue weighted by molar-refractivity contribution is -0.131. The Kier molecular flexibility index (Phi) is 6.11. The van der Waals surface area contributed by atoms with Gasteiger partial charge in [-0.3, -0.25) is 9.59 Å². The monoisotopic (exact) mass is 470 g/mol. The average molecular weight is 471 g/mol. The number of para-hydroxylation sites is 2. The second-order valence-corrected chi connectivity index (χ2v) is 9.32. The van der Waals surface area contributed by atoms with Crippen molar-refractivity contribution < 1.29 is 9.59 Å². The van der Waals surface area contributed by atoms with E-state index in [9.17, 15) is 9.59 Å². The van der Waals surface area contributed by atoms with Crippen molar-refractivity contribution in [1.29, 1.82) is 0 Å². The number of carbonyl (C=O) groups is 2. The van der Waals surface area contributed by atoms with Crippen molar-refractivity contribution >= 4 is 22.7 Å². The van der Waals surface area contributed by atoms with Crippen LogP contribution in [0.2, 0.25) is 0 Å². The fourth-order valence-electron chi connectivity index (χ4n) is 4.73. The van der Waals surface area contributed by atoms with Crippen LogP contribution in [0.5, 0.6) is 0 Å². The van der Waals surface area contributed by atoms with Crippen LogP contribution in [0, 0.1) is 6.92 Å². The van der Waals surface area contributed by atoms with Crippen LogP contribution >= 0.6 is 0 Å². The van der Waals surface area contributed by atoms with Gasteiger partial charge in [-0.1, -0.05) is 50.2 Å². The highest BCUT2D eigenvalue weighted by Crippen LogP contribution is 2.23. The molecule has 0 radical (unpaired) electrons. The number of amides is 2. The first-order valence-corrected chi connectivity index (χ1v) is 12.1. The predicted octanol–water partition coefficient (Wildman–Crippen LogP) is 3.71. The SMILES string of the molecule is Cc1nc(C(=O)N2CCN(C(=O)Cc3c[nH]c4ccccc34)CC2)nn1-c1ccccc1C(C)C. The molecule has 0 bridgehead atoms. The van der Waals surface area contributed by atoms with Crippen LogP contribution in [0.3, 0.4) is 0 Å². The Bertz CT molecular complexity index is 1380. The first-order chi connectivity index (χ1) is 16.9. The summed E-state index contributed by atoms with van der Waals surface area (Å²) < 4.78 is 1.75. The quantitative estimate of drug-likeness (QED) is 0.482. The number of benzene rings is 2. The Labute approximate surface area is 204 Å². The van der Waals surface area contributed by atoms with Crippen molar-refractivity contribution in [2.75, 3.05) is 26.2 Å². The maximum Gasteiger partial charge on any atom is 0.293 e. The van der Waals surface area contributed by atoms with Crippen molar-refractivity contribution in [1.82, 2.24) is 29.5 Å². The van der Waals surface area contributed by atoms with Gasteiger partial charge in [0.25, 0.3) is 5.91 Å². The molecule has 0 spiro atoms. The van der Waals surface area contributed by atoms with Crippen LogP contribution < -0.4 is 0 Å². The molecule has 1 aliphatic rings. The van der Waals surface area contributed by atoms with E-state index in [1.165, 1.54) is 0 Å². The lowest BCUT2D eigenvalue weighted by Gasteiger charge is -2.34. The van der Waals surface area contributed by atoms with Gasteiger partial charge in [0.2, 0.25) is 11.7 Å². The van der Waals surface area contributed by atoms with E-state index in [0.717, 1.165) is 27.7 Å². The van der Waals surface area contributed by atoms with E-state index in [-0.39, 0.29) is 17.6 Å². The molecule has 1 saturated heterocycles. The Morgan fingerprint density at radius 1 is 0.971 bits per heavy atom. The summed E-state index contributed by atoms with van der Waals surface area (Å²) in [5, 5.41) is 5.64. The Balaban J connectivity index is 1.24. The molecule has 0 unspecified atom stereocenters. The molecule has 4 aromatic rings. The molecule has 35 heavy (non-hydrogen) atoms. The van der Waals surface area contributed by atoms with Crippen LogP contribution in [0.4, 0.5) is 0 Å². The maximum atomic E-state index is 13.2. The molecule has 3 heterocycles. The second kappa shape index (κ2) is 9.37. The van der Waals surface area contributed by atoms with Crippen LogP contribution in [0.1, 0.15) is 47.3 Å². The van der Waals surface area contributed by atoms with E-state index >= 15 is 0 Å². The van der Waals surface area contributed by atoms with Gasteiger partial charge in [0, 0.05) is 43.3 Å². The van der Waals surface area contributed by atoms with Gasteiger partial charge in [0.15, 0.2) is 0 Å². The Morgan fingerprint density at radius 2 is 1.66 bits per heavy atom. The Hall–Kier alpha value is -3.94. The molecule has 180 valence electrons. The largest absolute Gasteiger partial charge is 0.361 e. The van der Waals surface area contributed by atoms with E-state index in [1.54, 1.807) is 9.58 Å². The number of aryl methyl sites for hydroxylation is 1. The topological polar surface area (TPSA) is 87.1 Å².